The predicted molar refractivity (Wildman–Crippen MR) is 133 cm³/mol. The Labute approximate surface area is 201 Å². The zero-order chi connectivity index (χ0) is 24.2. The van der Waals surface area contributed by atoms with Crippen molar-refractivity contribution in [3.05, 3.63) is 23.3 Å². The summed E-state index contributed by atoms with van der Waals surface area (Å²) < 4.78 is 0. The fourth-order valence-electron chi connectivity index (χ4n) is 9.94. The van der Waals surface area contributed by atoms with Crippen LogP contribution in [0.15, 0.2) is 23.3 Å². The van der Waals surface area contributed by atoms with Gasteiger partial charge in [0.05, 0.1) is 17.8 Å². The molecule has 0 amide bonds. The van der Waals surface area contributed by atoms with Crippen LogP contribution in [0.25, 0.3) is 0 Å². The van der Waals surface area contributed by atoms with Crippen molar-refractivity contribution in [1.82, 2.24) is 0 Å². The predicted octanol–water partition coefficient (Wildman–Crippen LogP) is 6.03. The van der Waals surface area contributed by atoms with Crippen LogP contribution in [0, 0.1) is 45.3 Å². The van der Waals surface area contributed by atoms with Gasteiger partial charge in [-0.1, -0.05) is 46.8 Å². The molecule has 3 fully saturated rings. The molecule has 3 heteroatoms. The van der Waals surface area contributed by atoms with Gasteiger partial charge in [-0.3, -0.25) is 0 Å². The second kappa shape index (κ2) is 7.20. The Hall–Kier alpha value is -0.640. The first-order valence-corrected chi connectivity index (χ1v) is 13.7. The van der Waals surface area contributed by atoms with Gasteiger partial charge in [-0.2, -0.15) is 0 Å². The van der Waals surface area contributed by atoms with Crippen molar-refractivity contribution in [3.63, 3.8) is 0 Å². The van der Waals surface area contributed by atoms with Gasteiger partial charge in [0.15, 0.2) is 0 Å². The van der Waals surface area contributed by atoms with E-state index in [0.29, 0.717) is 17.8 Å². The first-order chi connectivity index (χ1) is 15.2. The third kappa shape index (κ3) is 3.04. The fourth-order valence-corrected chi connectivity index (χ4v) is 9.94. The first-order valence-electron chi connectivity index (χ1n) is 13.7. The maximum atomic E-state index is 11.3. The molecule has 0 aromatic rings. The molecule has 9 unspecified atom stereocenters. The molecular formula is C30H48O3. The third-order valence-electron chi connectivity index (χ3n) is 12.4. The standard InChI is InChI=1S/C30H48O3/c1-26(2)23-11-10-21-20(28(23,5)15-14-24(26)31)13-17-29(6)19(12-16-30(21,29)7)18-8-9-22(25(18)32)27(3,4)33/h10,13,18-19,22-25,31-33H,8-9,11-12,14-17H2,1-7H3. The highest BCUT2D eigenvalue weighted by Crippen LogP contribution is 2.72. The second-order valence-electron chi connectivity index (χ2n) is 14.4. The number of rotatable bonds is 2. The van der Waals surface area contributed by atoms with Gasteiger partial charge in [0.2, 0.25) is 0 Å². The van der Waals surface area contributed by atoms with Gasteiger partial charge in [0, 0.05) is 5.92 Å². The molecule has 0 aliphatic heterocycles. The monoisotopic (exact) mass is 456 g/mol. The molecule has 5 aliphatic carbocycles. The summed E-state index contributed by atoms with van der Waals surface area (Å²) in [6.07, 6.45) is 13.0. The summed E-state index contributed by atoms with van der Waals surface area (Å²) in [5.41, 5.74) is 2.74. The normalized spacial score (nSPS) is 51.3. The lowest BCUT2D eigenvalue weighted by molar-refractivity contribution is -0.0863. The highest BCUT2D eigenvalue weighted by Gasteiger charge is 2.64. The van der Waals surface area contributed by atoms with Crippen LogP contribution in [0.3, 0.4) is 0 Å². The van der Waals surface area contributed by atoms with Crippen molar-refractivity contribution in [2.24, 2.45) is 45.3 Å². The van der Waals surface area contributed by atoms with Crippen molar-refractivity contribution < 1.29 is 15.3 Å². The first kappa shape index (κ1) is 24.1. The van der Waals surface area contributed by atoms with Crippen molar-refractivity contribution in [1.29, 1.82) is 0 Å². The topological polar surface area (TPSA) is 60.7 Å². The summed E-state index contributed by atoms with van der Waals surface area (Å²) in [6.45, 7) is 15.8. The van der Waals surface area contributed by atoms with Gasteiger partial charge in [-0.05, 0) is 116 Å². The number of aliphatic hydroxyl groups is 3. The van der Waals surface area contributed by atoms with Crippen LogP contribution in [-0.4, -0.2) is 33.1 Å². The molecule has 33 heavy (non-hydrogen) atoms. The van der Waals surface area contributed by atoms with E-state index in [1.807, 2.05) is 13.8 Å². The van der Waals surface area contributed by atoms with E-state index in [2.05, 4.69) is 46.8 Å². The maximum absolute atomic E-state index is 11.3. The third-order valence-corrected chi connectivity index (χ3v) is 12.4. The molecule has 0 aromatic carbocycles. The zero-order valence-corrected chi connectivity index (χ0v) is 22.1. The summed E-state index contributed by atoms with van der Waals surface area (Å²) in [4.78, 5) is 0. The Balaban J connectivity index is 1.50. The molecule has 0 heterocycles. The minimum Gasteiger partial charge on any atom is -0.393 e. The van der Waals surface area contributed by atoms with Crippen LogP contribution >= 0.6 is 0 Å². The molecule has 0 aromatic heterocycles. The zero-order valence-electron chi connectivity index (χ0n) is 22.1. The highest BCUT2D eigenvalue weighted by atomic mass is 16.3. The molecule has 3 N–H and O–H groups in total. The van der Waals surface area contributed by atoms with E-state index in [4.69, 9.17) is 0 Å². The van der Waals surface area contributed by atoms with Crippen molar-refractivity contribution in [2.45, 2.75) is 118 Å². The molecule has 9 atom stereocenters. The van der Waals surface area contributed by atoms with Crippen LogP contribution in [0.5, 0.6) is 0 Å². The minimum absolute atomic E-state index is 0.0166. The van der Waals surface area contributed by atoms with Crippen LogP contribution in [0.4, 0.5) is 0 Å². The fraction of sp³-hybridized carbons (Fsp3) is 0.867. The summed E-state index contributed by atoms with van der Waals surface area (Å²) in [7, 11) is 0. The molecule has 3 saturated carbocycles. The Morgan fingerprint density at radius 1 is 0.879 bits per heavy atom. The van der Waals surface area contributed by atoms with Crippen molar-refractivity contribution in [2.75, 3.05) is 0 Å². The van der Waals surface area contributed by atoms with Crippen LogP contribution in [0.1, 0.15) is 99.8 Å². The molecule has 5 aliphatic rings. The summed E-state index contributed by atoms with van der Waals surface area (Å²) in [5, 5.41) is 32.8. The largest absolute Gasteiger partial charge is 0.393 e. The average molecular weight is 457 g/mol. The summed E-state index contributed by atoms with van der Waals surface area (Å²) in [5.74, 6) is 1.26. The maximum Gasteiger partial charge on any atom is 0.0644 e. The van der Waals surface area contributed by atoms with Crippen LogP contribution < -0.4 is 0 Å². The molecule has 0 bridgehead atoms. The van der Waals surface area contributed by atoms with Gasteiger partial charge in [-0.15, -0.1) is 0 Å². The van der Waals surface area contributed by atoms with E-state index in [-0.39, 0.29) is 33.7 Å². The highest BCUT2D eigenvalue weighted by molar-refractivity contribution is 5.50. The van der Waals surface area contributed by atoms with Gasteiger partial charge < -0.3 is 15.3 Å². The summed E-state index contributed by atoms with van der Waals surface area (Å²) >= 11 is 0. The molecule has 0 radical (unpaired) electrons. The summed E-state index contributed by atoms with van der Waals surface area (Å²) in [6, 6.07) is 0. The van der Waals surface area contributed by atoms with Crippen molar-refractivity contribution >= 4 is 0 Å². The van der Waals surface area contributed by atoms with E-state index in [1.165, 1.54) is 12.8 Å². The minimum atomic E-state index is -0.815. The Kier molecular flexibility index (Phi) is 5.25. The lowest BCUT2D eigenvalue weighted by Gasteiger charge is -2.61. The molecule has 3 nitrogen and oxygen atoms in total. The van der Waals surface area contributed by atoms with Crippen molar-refractivity contribution in [3.8, 4) is 0 Å². The van der Waals surface area contributed by atoms with E-state index in [0.717, 1.165) is 38.5 Å². The van der Waals surface area contributed by atoms with E-state index < -0.39 is 11.7 Å². The number of allylic oxidation sites excluding steroid dienone is 4. The smallest absolute Gasteiger partial charge is 0.0644 e. The van der Waals surface area contributed by atoms with Gasteiger partial charge in [0.1, 0.15) is 0 Å². The molecule has 0 spiro atoms. The lowest BCUT2D eigenvalue weighted by Crippen LogP contribution is -2.54. The number of hydrogen-bond acceptors (Lipinski definition) is 3. The second-order valence-corrected chi connectivity index (χ2v) is 14.4. The van der Waals surface area contributed by atoms with Gasteiger partial charge >= 0.3 is 0 Å². The Bertz CT molecular complexity index is 877. The van der Waals surface area contributed by atoms with Crippen LogP contribution in [0.2, 0.25) is 0 Å². The number of aliphatic hydroxyl groups excluding tert-OH is 2. The van der Waals surface area contributed by atoms with Gasteiger partial charge in [0.25, 0.3) is 0 Å². The molecular weight excluding hydrogens is 408 g/mol. The lowest BCUT2D eigenvalue weighted by atomic mass is 9.44. The van der Waals surface area contributed by atoms with Crippen LogP contribution in [-0.2, 0) is 0 Å². The Morgan fingerprint density at radius 2 is 1.58 bits per heavy atom. The molecule has 5 rings (SSSR count). The number of fused-ring (bicyclic) bond motifs is 5. The van der Waals surface area contributed by atoms with E-state index in [9.17, 15) is 15.3 Å². The Morgan fingerprint density at radius 3 is 2.21 bits per heavy atom. The SMILES string of the molecule is CC(C)(O)C1CCC(C2CCC3(C)C4=CCC5C(C)(CCC(O)C5(C)C)C4=CCC23C)C1O. The van der Waals surface area contributed by atoms with E-state index >= 15 is 0 Å². The van der Waals surface area contributed by atoms with E-state index in [1.54, 1.807) is 11.1 Å². The van der Waals surface area contributed by atoms with Gasteiger partial charge in [-0.25, -0.2) is 0 Å². The molecule has 186 valence electrons. The quantitative estimate of drug-likeness (QED) is 0.475. The average Bonchev–Trinajstić information content (AvgIpc) is 3.22. The molecule has 0 saturated heterocycles. The number of hydrogen-bond donors (Lipinski definition) is 3.